The summed E-state index contributed by atoms with van der Waals surface area (Å²) < 4.78 is 1.58. The van der Waals surface area contributed by atoms with Gasteiger partial charge in [0, 0.05) is 26.1 Å². The number of carbonyl (C=O) groups excluding carboxylic acids is 1. The lowest BCUT2D eigenvalue weighted by Crippen LogP contribution is -2.44. The van der Waals surface area contributed by atoms with E-state index in [1.54, 1.807) is 18.5 Å². The maximum Gasteiger partial charge on any atom is 0.312 e. The largest absolute Gasteiger partial charge is 0.343 e. The molecule has 2 aliphatic rings. The molecule has 140 valence electrons. The van der Waals surface area contributed by atoms with Crippen molar-refractivity contribution in [2.45, 2.75) is 46.1 Å². The molecule has 0 bridgehead atoms. The van der Waals surface area contributed by atoms with Gasteiger partial charge in [-0.05, 0) is 45.1 Å². The van der Waals surface area contributed by atoms with Gasteiger partial charge in [0.25, 0.3) is 0 Å². The zero-order valence-corrected chi connectivity index (χ0v) is 15.6. The molecule has 2 saturated heterocycles. The van der Waals surface area contributed by atoms with Crippen LogP contribution in [0, 0.1) is 29.4 Å². The van der Waals surface area contributed by atoms with Gasteiger partial charge in [-0.2, -0.15) is 5.10 Å². The van der Waals surface area contributed by atoms with E-state index in [-0.39, 0.29) is 24.0 Å². The van der Waals surface area contributed by atoms with Crippen LogP contribution in [0.5, 0.6) is 0 Å². The van der Waals surface area contributed by atoms with Crippen molar-refractivity contribution in [2.75, 3.05) is 26.2 Å². The predicted octanol–water partition coefficient (Wildman–Crippen LogP) is 1.82. The van der Waals surface area contributed by atoms with Gasteiger partial charge in [-0.15, -0.1) is 12.4 Å². The quantitative estimate of drug-likeness (QED) is 0.643. The fraction of sp³-hybridized carbons (Fsp3) is 0.750. The van der Waals surface area contributed by atoms with Gasteiger partial charge in [-0.3, -0.25) is 19.6 Å². The number of amides is 1. The van der Waals surface area contributed by atoms with Gasteiger partial charge in [-0.1, -0.05) is 0 Å². The van der Waals surface area contributed by atoms with Gasteiger partial charge >= 0.3 is 5.69 Å². The number of aromatic nitrogens is 2. The SMILES string of the molecule is Cc1nn(CCC(=O)N2CCC3(CCNC3)CC2)c(C)c1[N+](=O)[O-].Cl. The maximum absolute atomic E-state index is 12.4. The summed E-state index contributed by atoms with van der Waals surface area (Å²) in [7, 11) is 0. The first kappa shape index (κ1) is 19.7. The molecule has 1 aromatic heterocycles. The average molecular weight is 372 g/mol. The number of nitrogens with zero attached hydrogens (tertiary/aromatic N) is 4. The van der Waals surface area contributed by atoms with Gasteiger partial charge in [0.05, 0.1) is 11.5 Å². The maximum atomic E-state index is 12.4. The molecular weight excluding hydrogens is 346 g/mol. The lowest BCUT2D eigenvalue weighted by molar-refractivity contribution is -0.386. The molecule has 1 amide bonds. The number of hydrogen-bond donors (Lipinski definition) is 1. The van der Waals surface area contributed by atoms with E-state index < -0.39 is 4.92 Å². The van der Waals surface area contributed by atoms with Crippen molar-refractivity contribution in [3.05, 3.63) is 21.5 Å². The number of halogens is 1. The van der Waals surface area contributed by atoms with E-state index >= 15 is 0 Å². The summed E-state index contributed by atoms with van der Waals surface area (Å²) in [6.07, 6.45) is 3.68. The Hall–Kier alpha value is -1.67. The second-order valence-electron chi connectivity index (χ2n) is 7.06. The molecule has 0 unspecified atom stereocenters. The first-order chi connectivity index (χ1) is 11.4. The van der Waals surface area contributed by atoms with Gasteiger partial charge in [0.15, 0.2) is 0 Å². The molecule has 2 fully saturated rings. The standard InChI is InChI=1S/C16H25N5O3.ClH/c1-12-15(21(23)24)13(2)20(18-12)8-3-14(22)19-9-5-16(6-10-19)4-7-17-11-16;/h17H,3-11H2,1-2H3;1H. The van der Waals surface area contributed by atoms with Crippen LogP contribution in [0.2, 0.25) is 0 Å². The van der Waals surface area contributed by atoms with E-state index in [1.165, 1.54) is 6.42 Å². The van der Waals surface area contributed by atoms with Crippen LogP contribution in [0.1, 0.15) is 37.1 Å². The predicted molar refractivity (Wildman–Crippen MR) is 96.0 cm³/mol. The number of rotatable bonds is 4. The summed E-state index contributed by atoms with van der Waals surface area (Å²) >= 11 is 0. The number of piperidine rings is 1. The molecule has 1 aromatic rings. The van der Waals surface area contributed by atoms with Crippen molar-refractivity contribution >= 4 is 24.0 Å². The first-order valence-corrected chi connectivity index (χ1v) is 8.59. The van der Waals surface area contributed by atoms with Crippen LogP contribution in [0.25, 0.3) is 0 Å². The number of likely N-dealkylation sites (tertiary alicyclic amines) is 1. The summed E-state index contributed by atoms with van der Waals surface area (Å²) in [6.45, 7) is 7.50. The van der Waals surface area contributed by atoms with Crippen LogP contribution in [-0.2, 0) is 11.3 Å². The molecular formula is C16H26ClN5O3. The molecule has 9 heteroatoms. The highest BCUT2D eigenvalue weighted by molar-refractivity contribution is 5.85. The molecule has 0 atom stereocenters. The van der Waals surface area contributed by atoms with Crippen LogP contribution in [0.15, 0.2) is 0 Å². The van der Waals surface area contributed by atoms with E-state index in [4.69, 9.17) is 0 Å². The Morgan fingerprint density at radius 1 is 1.32 bits per heavy atom. The minimum absolute atomic E-state index is 0. The fourth-order valence-electron chi connectivity index (χ4n) is 3.98. The Morgan fingerprint density at radius 3 is 2.52 bits per heavy atom. The van der Waals surface area contributed by atoms with E-state index in [0.29, 0.717) is 29.8 Å². The summed E-state index contributed by atoms with van der Waals surface area (Å²) in [4.78, 5) is 25.0. The van der Waals surface area contributed by atoms with Crippen molar-refractivity contribution in [1.29, 1.82) is 0 Å². The number of hydrogen-bond acceptors (Lipinski definition) is 5. The van der Waals surface area contributed by atoms with E-state index in [0.717, 1.165) is 39.0 Å². The third-order valence-electron chi connectivity index (χ3n) is 5.57. The molecule has 25 heavy (non-hydrogen) atoms. The summed E-state index contributed by atoms with van der Waals surface area (Å²) in [5.41, 5.74) is 1.36. The molecule has 2 aliphatic heterocycles. The van der Waals surface area contributed by atoms with Crippen molar-refractivity contribution < 1.29 is 9.72 Å². The van der Waals surface area contributed by atoms with Crippen LogP contribution in [0.4, 0.5) is 5.69 Å². The van der Waals surface area contributed by atoms with Crippen molar-refractivity contribution in [2.24, 2.45) is 5.41 Å². The van der Waals surface area contributed by atoms with E-state index in [9.17, 15) is 14.9 Å². The van der Waals surface area contributed by atoms with E-state index in [1.807, 2.05) is 4.90 Å². The topological polar surface area (TPSA) is 93.3 Å². The lowest BCUT2D eigenvalue weighted by atomic mass is 9.78. The van der Waals surface area contributed by atoms with Crippen LogP contribution in [0.3, 0.4) is 0 Å². The van der Waals surface area contributed by atoms with Gasteiger partial charge in [-0.25, -0.2) is 0 Å². The fourth-order valence-corrected chi connectivity index (χ4v) is 3.98. The third-order valence-corrected chi connectivity index (χ3v) is 5.57. The molecule has 0 aromatic carbocycles. The van der Waals surface area contributed by atoms with Gasteiger partial charge in [0.2, 0.25) is 5.91 Å². The van der Waals surface area contributed by atoms with Crippen molar-refractivity contribution in [3.8, 4) is 0 Å². The number of aryl methyl sites for hydroxylation is 2. The normalized spacial score (nSPS) is 19.0. The van der Waals surface area contributed by atoms with Gasteiger partial charge in [0.1, 0.15) is 11.4 Å². The zero-order chi connectivity index (χ0) is 17.3. The second kappa shape index (κ2) is 7.70. The Kier molecular flexibility index (Phi) is 6.05. The summed E-state index contributed by atoms with van der Waals surface area (Å²) in [6, 6.07) is 0. The molecule has 8 nitrogen and oxygen atoms in total. The Labute approximate surface area is 153 Å². The highest BCUT2D eigenvalue weighted by Crippen LogP contribution is 2.37. The Morgan fingerprint density at radius 2 is 2.00 bits per heavy atom. The van der Waals surface area contributed by atoms with Crippen LogP contribution < -0.4 is 5.32 Å². The minimum atomic E-state index is -0.407. The highest BCUT2D eigenvalue weighted by atomic mass is 35.5. The first-order valence-electron chi connectivity index (χ1n) is 8.59. The summed E-state index contributed by atoms with van der Waals surface area (Å²) in [5, 5.41) is 18.7. The monoisotopic (exact) mass is 371 g/mol. The van der Waals surface area contributed by atoms with E-state index in [2.05, 4.69) is 10.4 Å². The minimum Gasteiger partial charge on any atom is -0.343 e. The van der Waals surface area contributed by atoms with Gasteiger partial charge < -0.3 is 10.2 Å². The van der Waals surface area contributed by atoms with Crippen molar-refractivity contribution in [3.63, 3.8) is 0 Å². The molecule has 0 saturated carbocycles. The second-order valence-corrected chi connectivity index (χ2v) is 7.06. The van der Waals surface area contributed by atoms with Crippen LogP contribution in [-0.4, -0.2) is 51.7 Å². The number of nitrogens with one attached hydrogen (secondary N) is 1. The molecule has 0 radical (unpaired) electrons. The highest BCUT2D eigenvalue weighted by Gasteiger charge is 2.37. The lowest BCUT2D eigenvalue weighted by Gasteiger charge is -2.39. The molecule has 1 N–H and O–H groups in total. The molecule has 1 spiro atoms. The third kappa shape index (κ3) is 3.95. The molecule has 0 aliphatic carbocycles. The molecule has 3 heterocycles. The number of carbonyl (C=O) groups is 1. The van der Waals surface area contributed by atoms with Crippen molar-refractivity contribution in [1.82, 2.24) is 20.0 Å². The Bertz CT molecular complexity index is 644. The number of nitro groups is 1. The smallest absolute Gasteiger partial charge is 0.312 e. The van der Waals surface area contributed by atoms with Crippen LogP contribution >= 0.6 is 12.4 Å². The summed E-state index contributed by atoms with van der Waals surface area (Å²) in [5.74, 6) is 0.117. The Balaban J connectivity index is 0.00000225. The average Bonchev–Trinajstić information content (AvgIpc) is 3.10. The zero-order valence-electron chi connectivity index (χ0n) is 14.8. The molecule has 3 rings (SSSR count).